The van der Waals surface area contributed by atoms with Gasteiger partial charge in [0, 0.05) is 5.02 Å². The Bertz CT molecular complexity index is 813. The van der Waals surface area contributed by atoms with Crippen molar-refractivity contribution in [2.45, 2.75) is 25.9 Å². The van der Waals surface area contributed by atoms with Crippen LogP contribution in [0.4, 0.5) is 0 Å². The molecule has 6 heteroatoms. The van der Waals surface area contributed by atoms with Crippen molar-refractivity contribution in [3.63, 3.8) is 0 Å². The summed E-state index contributed by atoms with van der Waals surface area (Å²) in [6.45, 7) is 3.38. The van der Waals surface area contributed by atoms with E-state index in [1.807, 2.05) is 19.1 Å². The summed E-state index contributed by atoms with van der Waals surface area (Å²) in [5.74, 6) is -1.28. The van der Waals surface area contributed by atoms with Crippen LogP contribution in [0.5, 0.6) is 0 Å². The highest BCUT2D eigenvalue weighted by molar-refractivity contribution is 6.30. The van der Waals surface area contributed by atoms with E-state index < -0.39 is 23.8 Å². The number of imide groups is 1. The normalized spacial score (nSPS) is 15.7. The summed E-state index contributed by atoms with van der Waals surface area (Å²) < 4.78 is 0. The van der Waals surface area contributed by atoms with Crippen LogP contribution < -0.4 is 5.32 Å². The Morgan fingerprint density at radius 2 is 1.48 bits per heavy atom. The first-order chi connectivity index (χ1) is 11.9. The molecule has 2 unspecified atom stereocenters. The predicted molar refractivity (Wildman–Crippen MR) is 94.4 cm³/mol. The van der Waals surface area contributed by atoms with Crippen LogP contribution in [0.15, 0.2) is 48.5 Å². The molecule has 2 aromatic rings. The second-order valence-corrected chi connectivity index (χ2v) is 6.42. The third-order valence-corrected chi connectivity index (χ3v) is 4.57. The Kier molecular flexibility index (Phi) is 4.59. The highest BCUT2D eigenvalue weighted by atomic mass is 35.5. The van der Waals surface area contributed by atoms with E-state index in [9.17, 15) is 14.4 Å². The molecule has 0 radical (unpaired) electrons. The van der Waals surface area contributed by atoms with Crippen LogP contribution in [0, 0.1) is 0 Å². The van der Waals surface area contributed by atoms with E-state index in [1.54, 1.807) is 43.3 Å². The van der Waals surface area contributed by atoms with Crippen LogP contribution in [0.25, 0.3) is 0 Å². The number of hydrogen-bond acceptors (Lipinski definition) is 3. The van der Waals surface area contributed by atoms with Gasteiger partial charge in [-0.05, 0) is 43.7 Å². The van der Waals surface area contributed by atoms with E-state index in [1.165, 1.54) is 0 Å². The minimum absolute atomic E-state index is 0.276. The molecule has 25 heavy (non-hydrogen) atoms. The molecule has 0 aliphatic carbocycles. The van der Waals surface area contributed by atoms with E-state index in [4.69, 9.17) is 11.6 Å². The van der Waals surface area contributed by atoms with Gasteiger partial charge in [0.2, 0.25) is 5.91 Å². The molecule has 5 nitrogen and oxygen atoms in total. The summed E-state index contributed by atoms with van der Waals surface area (Å²) in [5.41, 5.74) is 1.54. The van der Waals surface area contributed by atoms with Crippen molar-refractivity contribution in [1.29, 1.82) is 0 Å². The molecule has 0 saturated heterocycles. The first-order valence-electron chi connectivity index (χ1n) is 7.93. The molecule has 0 bridgehead atoms. The van der Waals surface area contributed by atoms with Crippen molar-refractivity contribution < 1.29 is 14.4 Å². The summed E-state index contributed by atoms with van der Waals surface area (Å²) in [5, 5.41) is 3.44. The Morgan fingerprint density at radius 1 is 0.960 bits per heavy atom. The second-order valence-electron chi connectivity index (χ2n) is 5.98. The Balaban J connectivity index is 1.74. The zero-order chi connectivity index (χ0) is 18.1. The maximum absolute atomic E-state index is 12.5. The smallest absolute Gasteiger partial charge is 0.262 e. The molecule has 2 aromatic carbocycles. The zero-order valence-electron chi connectivity index (χ0n) is 13.8. The van der Waals surface area contributed by atoms with Crippen molar-refractivity contribution in [2.75, 3.05) is 0 Å². The minimum Gasteiger partial charge on any atom is -0.348 e. The van der Waals surface area contributed by atoms with Crippen LogP contribution >= 0.6 is 11.6 Å². The van der Waals surface area contributed by atoms with E-state index >= 15 is 0 Å². The average molecular weight is 357 g/mol. The zero-order valence-corrected chi connectivity index (χ0v) is 14.6. The largest absolute Gasteiger partial charge is 0.348 e. The standard InChI is InChI=1S/C19H17ClN2O3/c1-11(13-7-9-14(20)10-8-13)21-17(23)12(2)22-18(24)15-5-3-4-6-16(15)19(22)25/h3-12H,1-2H3,(H,21,23). The second kappa shape index (κ2) is 6.69. The molecule has 3 amide bonds. The van der Waals surface area contributed by atoms with Gasteiger partial charge in [0.15, 0.2) is 0 Å². The van der Waals surface area contributed by atoms with Crippen LogP contribution in [-0.4, -0.2) is 28.7 Å². The number of fused-ring (bicyclic) bond motifs is 1. The van der Waals surface area contributed by atoms with Gasteiger partial charge in [-0.25, -0.2) is 0 Å². The number of rotatable bonds is 4. The lowest BCUT2D eigenvalue weighted by Crippen LogP contribution is -2.48. The first kappa shape index (κ1) is 17.2. The van der Waals surface area contributed by atoms with Gasteiger partial charge < -0.3 is 5.32 Å². The summed E-state index contributed by atoms with van der Waals surface area (Å²) in [4.78, 5) is 38.5. The van der Waals surface area contributed by atoms with Crippen LogP contribution in [0.3, 0.4) is 0 Å². The van der Waals surface area contributed by atoms with E-state index in [2.05, 4.69) is 5.32 Å². The monoisotopic (exact) mass is 356 g/mol. The van der Waals surface area contributed by atoms with Crippen LogP contribution in [0.2, 0.25) is 5.02 Å². The first-order valence-corrected chi connectivity index (χ1v) is 8.30. The number of hydrogen-bond donors (Lipinski definition) is 1. The Hall–Kier alpha value is -2.66. The fraction of sp³-hybridized carbons (Fsp3) is 0.211. The van der Waals surface area contributed by atoms with Crippen LogP contribution in [-0.2, 0) is 4.79 Å². The molecule has 0 aromatic heterocycles. The molecule has 1 aliphatic rings. The highest BCUT2D eigenvalue weighted by Crippen LogP contribution is 2.25. The SMILES string of the molecule is CC(NC(=O)C(C)N1C(=O)c2ccccc2C1=O)c1ccc(Cl)cc1. The fourth-order valence-electron chi connectivity index (χ4n) is 2.85. The van der Waals surface area contributed by atoms with Gasteiger partial charge >= 0.3 is 0 Å². The highest BCUT2D eigenvalue weighted by Gasteiger charge is 2.40. The van der Waals surface area contributed by atoms with Gasteiger partial charge in [-0.2, -0.15) is 0 Å². The summed E-state index contributed by atoms with van der Waals surface area (Å²) in [6, 6.07) is 12.5. The van der Waals surface area contributed by atoms with E-state index in [0.29, 0.717) is 16.1 Å². The summed E-state index contributed by atoms with van der Waals surface area (Å²) >= 11 is 5.87. The Labute approximate surface area is 150 Å². The van der Waals surface area contributed by atoms with Crippen molar-refractivity contribution in [3.8, 4) is 0 Å². The molecule has 1 N–H and O–H groups in total. The van der Waals surface area contributed by atoms with E-state index in [-0.39, 0.29) is 6.04 Å². The lowest BCUT2D eigenvalue weighted by atomic mass is 10.1. The maximum atomic E-state index is 12.5. The average Bonchev–Trinajstić information content (AvgIpc) is 2.86. The molecular weight excluding hydrogens is 340 g/mol. The van der Waals surface area contributed by atoms with Crippen molar-refractivity contribution in [2.24, 2.45) is 0 Å². The number of benzene rings is 2. The Morgan fingerprint density at radius 3 is 2.00 bits per heavy atom. The maximum Gasteiger partial charge on any atom is 0.262 e. The fourth-order valence-corrected chi connectivity index (χ4v) is 2.97. The lowest BCUT2D eigenvalue weighted by molar-refractivity contribution is -0.125. The van der Waals surface area contributed by atoms with Crippen LogP contribution in [0.1, 0.15) is 46.2 Å². The molecule has 0 fully saturated rings. The van der Waals surface area contributed by atoms with E-state index in [0.717, 1.165) is 10.5 Å². The molecule has 2 atom stereocenters. The number of carbonyl (C=O) groups is 3. The van der Waals surface area contributed by atoms with Gasteiger partial charge in [0.05, 0.1) is 17.2 Å². The van der Waals surface area contributed by atoms with Crippen molar-refractivity contribution in [3.05, 3.63) is 70.2 Å². The van der Waals surface area contributed by atoms with Crippen molar-refractivity contribution >= 4 is 29.3 Å². The molecule has 1 aliphatic heterocycles. The number of carbonyl (C=O) groups excluding carboxylic acids is 3. The summed E-state index contributed by atoms with van der Waals surface area (Å²) in [7, 11) is 0. The number of nitrogens with zero attached hydrogens (tertiary/aromatic N) is 1. The lowest BCUT2D eigenvalue weighted by Gasteiger charge is -2.24. The summed E-state index contributed by atoms with van der Waals surface area (Å²) in [6.07, 6.45) is 0. The quantitative estimate of drug-likeness (QED) is 0.855. The topological polar surface area (TPSA) is 66.5 Å². The molecule has 0 saturated carbocycles. The molecule has 128 valence electrons. The molecule has 0 spiro atoms. The number of halogens is 1. The minimum atomic E-state index is -0.901. The van der Waals surface area contributed by atoms with Gasteiger partial charge in [0.25, 0.3) is 11.8 Å². The molecular formula is C19H17ClN2O3. The van der Waals surface area contributed by atoms with Gasteiger partial charge in [-0.3, -0.25) is 19.3 Å². The van der Waals surface area contributed by atoms with Gasteiger partial charge in [-0.1, -0.05) is 35.9 Å². The number of amides is 3. The predicted octanol–water partition coefficient (Wildman–Crippen LogP) is 3.20. The number of nitrogens with one attached hydrogen (secondary N) is 1. The third-order valence-electron chi connectivity index (χ3n) is 4.32. The molecule has 3 rings (SSSR count). The molecule has 1 heterocycles. The van der Waals surface area contributed by atoms with Gasteiger partial charge in [-0.15, -0.1) is 0 Å². The third kappa shape index (κ3) is 3.15. The van der Waals surface area contributed by atoms with Gasteiger partial charge in [0.1, 0.15) is 6.04 Å². The van der Waals surface area contributed by atoms with Crippen molar-refractivity contribution in [1.82, 2.24) is 10.2 Å².